The van der Waals surface area contributed by atoms with Gasteiger partial charge in [0.1, 0.15) is 36.6 Å². The Morgan fingerprint density at radius 1 is 0.407 bits per heavy atom. The second-order valence-electron chi connectivity index (χ2n) is 26.7. The minimum atomic E-state index is -1.66. The molecule has 0 aliphatic carbocycles. The first-order valence-electron chi connectivity index (χ1n) is 37.7. The van der Waals surface area contributed by atoms with Gasteiger partial charge < -0.3 is 50.5 Å². The van der Waals surface area contributed by atoms with Crippen molar-refractivity contribution in [1.82, 2.24) is 5.32 Å². The normalized spacial score (nSPS) is 18.8. The highest BCUT2D eigenvalue weighted by atomic mass is 16.7. The van der Waals surface area contributed by atoms with Crippen LogP contribution in [0.2, 0.25) is 0 Å². The fraction of sp³-hybridized carbons (Fsp3) is 0.933. The second kappa shape index (κ2) is 63.7. The minimum Gasteiger partial charge on any atom is -0.394 e. The van der Waals surface area contributed by atoms with Crippen LogP contribution in [0, 0.1) is 0 Å². The number of carbonyl (C=O) groups is 1. The molecule has 0 aromatic heterocycles. The van der Waals surface area contributed by atoms with E-state index in [0.717, 1.165) is 44.9 Å². The van der Waals surface area contributed by atoms with Crippen molar-refractivity contribution < 1.29 is 50.0 Å². The maximum Gasteiger partial charge on any atom is 0.249 e. The number of ether oxygens (including phenoxy) is 2. The lowest BCUT2D eigenvalue weighted by molar-refractivity contribution is -0.303. The standard InChI is InChI=1S/C75H145NO10/c1-3-5-7-9-11-13-15-17-19-21-23-25-27-28-29-30-31-32-33-34-35-36-37-38-39-41-43-45-47-49-51-53-55-57-59-61-63-68(79)74(84)76-66(65-85-75-73(83)72(82)71(81)69(64-77)86-75)70(80)67(78)62-60-58-56-54-52-50-48-46-44-42-40-26-24-22-20-18-16-14-12-10-8-6-4-2/h29-30,32-33,66-73,75,77-83H,3-28,31,34-65H2,1-2H3,(H,76,84)/b30-29-,33-32-. The van der Waals surface area contributed by atoms with Crippen LogP contribution in [0.3, 0.4) is 0 Å². The molecule has 9 unspecified atom stereocenters. The van der Waals surface area contributed by atoms with Gasteiger partial charge in [-0.05, 0) is 44.9 Å². The maximum atomic E-state index is 13.3. The van der Waals surface area contributed by atoms with E-state index in [4.69, 9.17) is 9.47 Å². The third-order valence-electron chi connectivity index (χ3n) is 18.5. The third-order valence-corrected chi connectivity index (χ3v) is 18.5. The zero-order valence-corrected chi connectivity index (χ0v) is 56.6. The van der Waals surface area contributed by atoms with Gasteiger partial charge in [-0.25, -0.2) is 0 Å². The van der Waals surface area contributed by atoms with Crippen LogP contribution >= 0.6 is 0 Å². The molecule has 1 fully saturated rings. The molecule has 1 rings (SSSR count). The molecule has 9 atom stereocenters. The molecule has 0 aromatic carbocycles. The number of carbonyl (C=O) groups excluding carboxylic acids is 1. The summed E-state index contributed by atoms with van der Waals surface area (Å²) in [5.74, 6) is -0.689. The van der Waals surface area contributed by atoms with E-state index in [1.807, 2.05) is 0 Å². The Balaban J connectivity index is 2.14. The molecule has 0 aromatic rings. The number of hydrogen-bond donors (Lipinski definition) is 8. The lowest BCUT2D eigenvalue weighted by Gasteiger charge is -2.40. The topological polar surface area (TPSA) is 189 Å². The van der Waals surface area contributed by atoms with E-state index in [2.05, 4.69) is 43.5 Å². The largest absolute Gasteiger partial charge is 0.394 e. The number of aliphatic hydroxyl groups is 7. The van der Waals surface area contributed by atoms with Crippen molar-refractivity contribution in [1.29, 1.82) is 0 Å². The fourth-order valence-corrected chi connectivity index (χ4v) is 12.5. The van der Waals surface area contributed by atoms with Crippen LogP contribution in [0.1, 0.15) is 380 Å². The molecule has 1 heterocycles. The van der Waals surface area contributed by atoms with Crippen LogP contribution in [0.5, 0.6) is 0 Å². The third kappa shape index (κ3) is 50.3. The zero-order chi connectivity index (χ0) is 62.4. The monoisotopic (exact) mass is 1220 g/mol. The molecule has 86 heavy (non-hydrogen) atoms. The number of hydrogen-bond acceptors (Lipinski definition) is 10. The van der Waals surface area contributed by atoms with Crippen molar-refractivity contribution in [3.63, 3.8) is 0 Å². The Bertz CT molecular complexity index is 1450. The molecule has 0 radical (unpaired) electrons. The van der Waals surface area contributed by atoms with Crippen LogP contribution in [-0.2, 0) is 14.3 Å². The summed E-state index contributed by atoms with van der Waals surface area (Å²) in [5.41, 5.74) is 0. The van der Waals surface area contributed by atoms with Crippen molar-refractivity contribution in [2.45, 2.75) is 435 Å². The summed E-state index contributed by atoms with van der Waals surface area (Å²) in [7, 11) is 0. The molecule has 11 heteroatoms. The van der Waals surface area contributed by atoms with E-state index in [0.29, 0.717) is 19.3 Å². The molecule has 510 valence electrons. The molecular formula is C75H145NO10. The molecular weight excluding hydrogens is 1070 g/mol. The summed E-state index contributed by atoms with van der Waals surface area (Å²) in [4.78, 5) is 13.3. The van der Waals surface area contributed by atoms with Gasteiger partial charge in [0.15, 0.2) is 6.29 Å². The summed E-state index contributed by atoms with van der Waals surface area (Å²) >= 11 is 0. The Morgan fingerprint density at radius 2 is 0.709 bits per heavy atom. The van der Waals surface area contributed by atoms with Crippen LogP contribution in [-0.4, -0.2) is 110 Å². The van der Waals surface area contributed by atoms with Crippen molar-refractivity contribution in [3.8, 4) is 0 Å². The second-order valence-corrected chi connectivity index (χ2v) is 26.7. The highest BCUT2D eigenvalue weighted by Crippen LogP contribution is 2.24. The average Bonchev–Trinajstić information content (AvgIpc) is 2.54. The predicted molar refractivity (Wildman–Crippen MR) is 362 cm³/mol. The molecule has 1 aliphatic rings. The van der Waals surface area contributed by atoms with Crippen molar-refractivity contribution in [2.75, 3.05) is 13.2 Å². The number of rotatable bonds is 67. The van der Waals surface area contributed by atoms with E-state index in [9.17, 15) is 40.5 Å². The number of unbranched alkanes of at least 4 members (excludes halogenated alkanes) is 51. The Hall–Kier alpha value is -1.41. The van der Waals surface area contributed by atoms with Gasteiger partial charge in [-0.15, -0.1) is 0 Å². The quantitative estimate of drug-likeness (QED) is 0.0215. The fourth-order valence-electron chi connectivity index (χ4n) is 12.5. The molecule has 1 saturated heterocycles. The Labute approximate surface area is 531 Å². The van der Waals surface area contributed by atoms with E-state index < -0.39 is 74.2 Å². The van der Waals surface area contributed by atoms with E-state index in [1.54, 1.807) is 0 Å². The summed E-state index contributed by atoms with van der Waals surface area (Å²) < 4.78 is 11.2. The van der Waals surface area contributed by atoms with Gasteiger partial charge in [-0.3, -0.25) is 4.79 Å². The lowest BCUT2D eigenvalue weighted by atomic mass is 9.98. The van der Waals surface area contributed by atoms with Crippen molar-refractivity contribution in [3.05, 3.63) is 24.3 Å². The predicted octanol–water partition coefficient (Wildman–Crippen LogP) is 18.8. The van der Waals surface area contributed by atoms with Crippen LogP contribution in [0.15, 0.2) is 24.3 Å². The summed E-state index contributed by atoms with van der Waals surface area (Å²) in [5, 5.41) is 76.6. The van der Waals surface area contributed by atoms with Crippen molar-refractivity contribution >= 4 is 5.91 Å². The number of nitrogens with one attached hydrogen (secondary N) is 1. The first kappa shape index (κ1) is 82.6. The Morgan fingerprint density at radius 3 is 1.03 bits per heavy atom. The molecule has 1 aliphatic heterocycles. The average molecular weight is 1220 g/mol. The highest BCUT2D eigenvalue weighted by Gasteiger charge is 2.44. The van der Waals surface area contributed by atoms with Gasteiger partial charge in [0, 0.05) is 0 Å². The van der Waals surface area contributed by atoms with Gasteiger partial charge >= 0.3 is 0 Å². The van der Waals surface area contributed by atoms with E-state index in [1.165, 1.54) is 295 Å². The van der Waals surface area contributed by atoms with Crippen molar-refractivity contribution in [2.24, 2.45) is 0 Å². The van der Waals surface area contributed by atoms with Crippen LogP contribution < -0.4 is 5.32 Å². The van der Waals surface area contributed by atoms with Gasteiger partial charge in [-0.1, -0.05) is 359 Å². The number of amides is 1. The van der Waals surface area contributed by atoms with Gasteiger partial charge in [0.25, 0.3) is 0 Å². The van der Waals surface area contributed by atoms with E-state index >= 15 is 0 Å². The molecule has 11 nitrogen and oxygen atoms in total. The maximum absolute atomic E-state index is 13.3. The molecule has 0 bridgehead atoms. The number of allylic oxidation sites excluding steroid dienone is 4. The smallest absolute Gasteiger partial charge is 0.249 e. The highest BCUT2D eigenvalue weighted by molar-refractivity contribution is 5.80. The molecule has 0 saturated carbocycles. The lowest BCUT2D eigenvalue weighted by Crippen LogP contribution is -2.60. The zero-order valence-electron chi connectivity index (χ0n) is 56.6. The van der Waals surface area contributed by atoms with Crippen LogP contribution in [0.25, 0.3) is 0 Å². The molecule has 8 N–H and O–H groups in total. The molecule has 0 spiro atoms. The van der Waals surface area contributed by atoms with Gasteiger partial charge in [0.05, 0.1) is 25.4 Å². The summed E-state index contributed by atoms with van der Waals surface area (Å²) in [6, 6.07) is -1.17. The first-order valence-corrected chi connectivity index (χ1v) is 37.7. The van der Waals surface area contributed by atoms with Gasteiger partial charge in [-0.2, -0.15) is 0 Å². The van der Waals surface area contributed by atoms with Crippen LogP contribution in [0.4, 0.5) is 0 Å². The SMILES string of the molecule is CCCCCCCCCCCCCCC/C=C\C/C=C\CCCCCCCCCCCCCCCCCCC(O)C(=O)NC(COC1OC(CO)C(O)C(O)C1O)C(O)C(O)CCCCCCCCCCCCCCCCCCCCCCCCC. The van der Waals surface area contributed by atoms with E-state index in [-0.39, 0.29) is 6.42 Å². The molecule has 1 amide bonds. The summed E-state index contributed by atoms with van der Waals surface area (Å²) in [6.45, 7) is 3.52. The summed E-state index contributed by atoms with van der Waals surface area (Å²) in [6.07, 6.45) is 69.9. The minimum absolute atomic E-state index is 0.263. The number of aliphatic hydroxyl groups excluding tert-OH is 7. The van der Waals surface area contributed by atoms with Gasteiger partial charge in [0.2, 0.25) is 5.91 Å². The Kier molecular flexibility index (Phi) is 61.2. The first-order chi connectivity index (χ1) is 42.2.